The van der Waals surface area contributed by atoms with Crippen LogP contribution >= 0.6 is 0 Å². The average Bonchev–Trinajstić information content (AvgIpc) is 3.01. The number of benzene rings is 1. The zero-order valence-corrected chi connectivity index (χ0v) is 15.9. The minimum absolute atomic E-state index is 0.167. The van der Waals surface area contributed by atoms with E-state index in [0.29, 0.717) is 0 Å². The lowest BCUT2D eigenvalue weighted by atomic mass is 10.1. The molecule has 0 spiro atoms. The monoisotopic (exact) mass is 371 g/mol. The second kappa shape index (κ2) is 6.42. The molecule has 0 atom stereocenters. The van der Waals surface area contributed by atoms with Gasteiger partial charge in [0.05, 0.1) is 23.1 Å². The predicted molar refractivity (Wildman–Crippen MR) is 110 cm³/mol. The van der Waals surface area contributed by atoms with Gasteiger partial charge in [0.2, 0.25) is 0 Å². The van der Waals surface area contributed by atoms with Gasteiger partial charge in [-0.3, -0.25) is 9.78 Å². The Labute approximate surface area is 162 Å². The molecule has 1 N–H and O–H groups in total. The second-order valence-corrected chi connectivity index (χ2v) is 7.33. The van der Waals surface area contributed by atoms with E-state index in [1.165, 1.54) is 21.3 Å². The molecule has 0 radical (unpaired) electrons. The van der Waals surface area contributed by atoms with Crippen LogP contribution in [0.2, 0.25) is 0 Å². The number of fused-ring (bicyclic) bond motifs is 3. The first-order valence-corrected chi connectivity index (χ1v) is 9.45. The van der Waals surface area contributed by atoms with E-state index in [1.807, 2.05) is 31.2 Å². The van der Waals surface area contributed by atoms with Crippen molar-refractivity contribution in [3.8, 4) is 16.9 Å². The molecule has 4 heterocycles. The minimum atomic E-state index is -0.167. The molecule has 0 amide bonds. The van der Waals surface area contributed by atoms with E-state index in [4.69, 9.17) is 0 Å². The topological polar surface area (TPSA) is 64.7 Å². The molecule has 0 aliphatic carbocycles. The Morgan fingerprint density at radius 2 is 2.00 bits per heavy atom. The van der Waals surface area contributed by atoms with Gasteiger partial charge >= 0.3 is 0 Å². The lowest BCUT2D eigenvalue weighted by Crippen LogP contribution is -2.24. The van der Waals surface area contributed by atoms with Crippen LogP contribution in [0.4, 0.5) is 0 Å². The molecular formula is C22H21N5O. The van der Waals surface area contributed by atoms with Crippen LogP contribution in [0.15, 0.2) is 53.6 Å². The molecule has 0 bridgehead atoms. The molecule has 4 aromatic rings. The first kappa shape index (κ1) is 16.9. The fourth-order valence-electron chi connectivity index (χ4n) is 4.00. The highest BCUT2D eigenvalue weighted by Gasteiger charge is 2.18. The fraction of sp³-hybridized carbons (Fsp3) is 0.227. The molecule has 140 valence electrons. The van der Waals surface area contributed by atoms with Crippen LogP contribution in [0.5, 0.6) is 0 Å². The first-order chi connectivity index (χ1) is 13.6. The van der Waals surface area contributed by atoms with E-state index < -0.39 is 0 Å². The number of aromatic nitrogens is 4. The van der Waals surface area contributed by atoms with Crippen LogP contribution in [0.1, 0.15) is 16.8 Å². The highest BCUT2D eigenvalue weighted by molar-refractivity contribution is 5.87. The van der Waals surface area contributed by atoms with Crippen LogP contribution in [0.25, 0.3) is 27.8 Å². The van der Waals surface area contributed by atoms with Gasteiger partial charge in [0.25, 0.3) is 5.56 Å². The summed E-state index contributed by atoms with van der Waals surface area (Å²) in [5.41, 5.74) is 7.02. The number of pyridine rings is 1. The third-order valence-electron chi connectivity index (χ3n) is 5.51. The van der Waals surface area contributed by atoms with Crippen LogP contribution in [0, 0.1) is 6.92 Å². The van der Waals surface area contributed by atoms with Crippen molar-refractivity contribution in [1.82, 2.24) is 24.6 Å². The van der Waals surface area contributed by atoms with Crippen molar-refractivity contribution >= 4 is 10.9 Å². The number of hydrogen-bond acceptors (Lipinski definition) is 4. The van der Waals surface area contributed by atoms with Crippen LogP contribution < -0.4 is 10.9 Å². The molecule has 6 nitrogen and oxygen atoms in total. The molecule has 5 rings (SSSR count). The van der Waals surface area contributed by atoms with Gasteiger partial charge in [-0.15, -0.1) is 0 Å². The molecule has 1 aliphatic heterocycles. The average molecular weight is 371 g/mol. The number of nitrogens with zero attached hydrogens (tertiary/aromatic N) is 4. The fourth-order valence-corrected chi connectivity index (χ4v) is 4.00. The maximum Gasteiger partial charge on any atom is 0.272 e. The summed E-state index contributed by atoms with van der Waals surface area (Å²) in [4.78, 5) is 17.1. The summed E-state index contributed by atoms with van der Waals surface area (Å²) in [5, 5.41) is 9.09. The quantitative estimate of drug-likeness (QED) is 0.588. The van der Waals surface area contributed by atoms with E-state index in [2.05, 4.69) is 33.1 Å². The molecule has 0 unspecified atom stereocenters. The minimum Gasteiger partial charge on any atom is -0.347 e. The summed E-state index contributed by atoms with van der Waals surface area (Å²) in [6, 6.07) is 11.6. The largest absolute Gasteiger partial charge is 0.347 e. The van der Waals surface area contributed by atoms with Crippen molar-refractivity contribution in [3.63, 3.8) is 0 Å². The Bertz CT molecular complexity index is 1250. The molecule has 0 saturated carbocycles. The lowest BCUT2D eigenvalue weighted by molar-refractivity contribution is 0.622. The highest BCUT2D eigenvalue weighted by atomic mass is 16.1. The normalized spacial score (nSPS) is 13.6. The molecular weight excluding hydrogens is 350 g/mol. The number of aryl methyl sites for hydroxylation is 2. The number of nitrogens with one attached hydrogen (secondary N) is 1. The van der Waals surface area contributed by atoms with Gasteiger partial charge in [0, 0.05) is 55.5 Å². The smallest absolute Gasteiger partial charge is 0.272 e. The summed E-state index contributed by atoms with van der Waals surface area (Å²) in [7, 11) is 2.10. The van der Waals surface area contributed by atoms with Crippen molar-refractivity contribution < 1.29 is 0 Å². The van der Waals surface area contributed by atoms with Gasteiger partial charge in [-0.1, -0.05) is 12.1 Å². The zero-order valence-electron chi connectivity index (χ0n) is 15.9. The van der Waals surface area contributed by atoms with Crippen LogP contribution in [0.3, 0.4) is 0 Å². The van der Waals surface area contributed by atoms with Gasteiger partial charge in [-0.25, -0.2) is 0 Å². The Balaban J connectivity index is 1.59. The molecule has 0 saturated heterocycles. The van der Waals surface area contributed by atoms with Crippen molar-refractivity contribution in [1.29, 1.82) is 0 Å². The highest BCUT2D eigenvalue weighted by Crippen LogP contribution is 2.29. The molecule has 1 aliphatic rings. The Kier molecular flexibility index (Phi) is 3.87. The van der Waals surface area contributed by atoms with Crippen molar-refractivity contribution in [3.05, 3.63) is 76.0 Å². The van der Waals surface area contributed by atoms with E-state index in [-0.39, 0.29) is 5.56 Å². The maximum absolute atomic E-state index is 12.8. The Morgan fingerprint density at radius 1 is 1.11 bits per heavy atom. The molecule has 1 aromatic carbocycles. The lowest BCUT2D eigenvalue weighted by Gasteiger charge is -2.14. The molecule has 28 heavy (non-hydrogen) atoms. The summed E-state index contributed by atoms with van der Waals surface area (Å²) < 4.78 is 3.69. The van der Waals surface area contributed by atoms with Crippen molar-refractivity contribution in [2.75, 3.05) is 6.54 Å². The van der Waals surface area contributed by atoms with Gasteiger partial charge in [-0.2, -0.15) is 9.78 Å². The Hall–Kier alpha value is -3.25. The number of rotatable bonds is 2. The molecule has 6 heteroatoms. The third-order valence-corrected chi connectivity index (χ3v) is 5.51. The predicted octanol–water partition coefficient (Wildman–Crippen LogP) is 2.74. The SMILES string of the molecule is Cc1ccc(-c2cnn(-c3ccc4c5c(n(C)c4c3)CCNC5)c(=O)c2)nc1. The standard InChI is InChI=1S/C22H21N5O/c1-14-3-6-19(24-11-14)15-9-22(28)27(25-12-15)16-4-5-17-18-13-23-8-7-20(18)26(2)21(17)10-16/h3-6,9-12,23H,7-8,13H2,1-2H3. The summed E-state index contributed by atoms with van der Waals surface area (Å²) >= 11 is 0. The van der Waals surface area contributed by atoms with Gasteiger partial charge < -0.3 is 9.88 Å². The summed E-state index contributed by atoms with van der Waals surface area (Å²) in [6.07, 6.45) is 4.51. The summed E-state index contributed by atoms with van der Waals surface area (Å²) in [5.74, 6) is 0. The van der Waals surface area contributed by atoms with Crippen LogP contribution in [-0.2, 0) is 20.0 Å². The van der Waals surface area contributed by atoms with Gasteiger partial charge in [0.1, 0.15) is 0 Å². The maximum atomic E-state index is 12.8. The van der Waals surface area contributed by atoms with E-state index >= 15 is 0 Å². The molecule has 0 fully saturated rings. The van der Waals surface area contributed by atoms with E-state index in [0.717, 1.165) is 47.5 Å². The number of hydrogen-bond donors (Lipinski definition) is 1. The first-order valence-electron chi connectivity index (χ1n) is 9.45. The molecule has 3 aromatic heterocycles. The van der Waals surface area contributed by atoms with E-state index in [9.17, 15) is 4.79 Å². The van der Waals surface area contributed by atoms with Crippen LogP contribution in [-0.4, -0.2) is 25.9 Å². The van der Waals surface area contributed by atoms with Crippen molar-refractivity contribution in [2.45, 2.75) is 19.9 Å². The van der Waals surface area contributed by atoms with Gasteiger partial charge in [0.15, 0.2) is 0 Å². The van der Waals surface area contributed by atoms with E-state index in [1.54, 1.807) is 18.5 Å². The van der Waals surface area contributed by atoms with Gasteiger partial charge in [-0.05, 0) is 36.2 Å². The van der Waals surface area contributed by atoms with Crippen molar-refractivity contribution in [2.24, 2.45) is 7.05 Å². The second-order valence-electron chi connectivity index (χ2n) is 7.33. The third kappa shape index (κ3) is 2.65. The zero-order chi connectivity index (χ0) is 19.3. The summed E-state index contributed by atoms with van der Waals surface area (Å²) in [6.45, 7) is 3.88. The Morgan fingerprint density at radius 3 is 2.79 bits per heavy atom.